The monoisotopic (exact) mass is 496 g/mol. The number of carboxylic acid groups (broad SMARTS) is 1. The molecule has 11 heteroatoms. The lowest BCUT2D eigenvalue weighted by molar-refractivity contribution is -0.133. The van der Waals surface area contributed by atoms with Crippen LogP contribution in [0.3, 0.4) is 0 Å². The van der Waals surface area contributed by atoms with Gasteiger partial charge in [0.2, 0.25) is 15.9 Å². The fraction of sp³-hybridized carbons (Fsp3) is 0.333. The summed E-state index contributed by atoms with van der Waals surface area (Å²) in [4.78, 5) is 39.1. The van der Waals surface area contributed by atoms with E-state index >= 15 is 0 Å². The summed E-state index contributed by atoms with van der Waals surface area (Å²) in [5.74, 6) is -1.73. The van der Waals surface area contributed by atoms with Gasteiger partial charge in [-0.3, -0.25) is 9.59 Å². The summed E-state index contributed by atoms with van der Waals surface area (Å²) in [7, 11) is -3.68. The first-order chi connectivity index (χ1) is 16.8. The second-order valence-corrected chi connectivity index (χ2v) is 10.7. The van der Waals surface area contributed by atoms with E-state index in [4.69, 9.17) is 0 Å². The summed E-state index contributed by atoms with van der Waals surface area (Å²) in [6.45, 7) is 0.160. The Hall–Kier alpha value is -3.57. The average Bonchev–Trinajstić information content (AvgIpc) is 3.34. The van der Waals surface area contributed by atoms with Crippen molar-refractivity contribution in [1.82, 2.24) is 19.0 Å². The van der Waals surface area contributed by atoms with Gasteiger partial charge in [-0.1, -0.05) is 24.3 Å². The lowest BCUT2D eigenvalue weighted by atomic mass is 10.1. The van der Waals surface area contributed by atoms with Gasteiger partial charge in [-0.25, -0.2) is 17.9 Å². The van der Waals surface area contributed by atoms with Crippen molar-refractivity contribution in [2.75, 3.05) is 26.2 Å². The molecule has 1 aliphatic carbocycles. The molecule has 0 saturated carbocycles. The first-order valence-electron chi connectivity index (χ1n) is 11.4. The van der Waals surface area contributed by atoms with Crippen molar-refractivity contribution in [2.45, 2.75) is 30.7 Å². The number of benzene rings is 2. The van der Waals surface area contributed by atoms with E-state index in [9.17, 15) is 27.9 Å². The van der Waals surface area contributed by atoms with Crippen LogP contribution in [0.15, 0.2) is 52.2 Å². The molecule has 3 aromatic rings. The summed E-state index contributed by atoms with van der Waals surface area (Å²) >= 11 is 0. The highest BCUT2D eigenvalue weighted by molar-refractivity contribution is 7.89. The van der Waals surface area contributed by atoms with Crippen LogP contribution in [0.25, 0.3) is 10.8 Å². The van der Waals surface area contributed by atoms with E-state index in [2.05, 4.69) is 5.10 Å². The van der Waals surface area contributed by atoms with Crippen molar-refractivity contribution in [1.29, 1.82) is 0 Å². The fourth-order valence-electron chi connectivity index (χ4n) is 4.76. The Morgan fingerprint density at radius 1 is 0.943 bits per heavy atom. The smallest absolute Gasteiger partial charge is 0.357 e. The van der Waals surface area contributed by atoms with Gasteiger partial charge in [-0.15, -0.1) is 0 Å². The van der Waals surface area contributed by atoms with Crippen LogP contribution < -0.4 is 5.56 Å². The third-order valence-corrected chi connectivity index (χ3v) is 8.55. The van der Waals surface area contributed by atoms with Gasteiger partial charge in [-0.2, -0.15) is 9.40 Å². The van der Waals surface area contributed by atoms with Crippen molar-refractivity contribution in [3.05, 3.63) is 69.6 Å². The molecule has 1 saturated heterocycles. The van der Waals surface area contributed by atoms with E-state index in [1.807, 2.05) is 6.07 Å². The van der Waals surface area contributed by atoms with Gasteiger partial charge < -0.3 is 10.0 Å². The number of aromatic carboxylic acids is 1. The number of carbonyl (C=O) groups is 2. The minimum absolute atomic E-state index is 0.131. The molecule has 5 rings (SSSR count). The van der Waals surface area contributed by atoms with Gasteiger partial charge in [0, 0.05) is 31.6 Å². The zero-order valence-corrected chi connectivity index (χ0v) is 19.7. The van der Waals surface area contributed by atoms with E-state index in [1.165, 1.54) is 26.9 Å². The van der Waals surface area contributed by atoms with Gasteiger partial charge in [0.05, 0.1) is 10.3 Å². The molecule has 1 aromatic heterocycles. The zero-order chi connectivity index (χ0) is 24.7. The number of sulfonamides is 1. The normalized spacial score (nSPS) is 16.4. The van der Waals surface area contributed by atoms with Crippen LogP contribution in [-0.4, -0.2) is 70.6 Å². The van der Waals surface area contributed by atoms with Crippen LogP contribution in [-0.2, 0) is 34.2 Å². The van der Waals surface area contributed by atoms with E-state index in [0.717, 1.165) is 29.5 Å². The summed E-state index contributed by atoms with van der Waals surface area (Å²) < 4.78 is 28.5. The second-order valence-electron chi connectivity index (χ2n) is 8.73. The number of amides is 1. The molecule has 1 aliphatic heterocycles. The molecule has 35 heavy (non-hydrogen) atoms. The van der Waals surface area contributed by atoms with Crippen LogP contribution in [0.2, 0.25) is 0 Å². The Labute approximate surface area is 201 Å². The maximum absolute atomic E-state index is 13.1. The molecule has 2 aliphatic rings. The SMILES string of the molecule is O=C(O)c1nn(CC(=O)N2CCN(S(=O)(=O)c3ccc4c(c3)CCC4)CC2)c(=O)c2ccccc12. The van der Waals surface area contributed by atoms with Crippen LogP contribution >= 0.6 is 0 Å². The lowest BCUT2D eigenvalue weighted by Gasteiger charge is -2.34. The van der Waals surface area contributed by atoms with E-state index < -0.39 is 34.0 Å². The molecule has 0 bridgehead atoms. The summed E-state index contributed by atoms with van der Waals surface area (Å²) in [6.07, 6.45) is 2.88. The third-order valence-electron chi connectivity index (χ3n) is 6.65. The van der Waals surface area contributed by atoms with Gasteiger partial charge in [0.25, 0.3) is 5.56 Å². The van der Waals surface area contributed by atoms with Crippen LogP contribution in [0.1, 0.15) is 28.0 Å². The molecule has 2 aromatic carbocycles. The third kappa shape index (κ3) is 4.21. The first-order valence-corrected chi connectivity index (χ1v) is 12.8. The zero-order valence-electron chi connectivity index (χ0n) is 18.9. The highest BCUT2D eigenvalue weighted by atomic mass is 32.2. The number of carbonyl (C=O) groups excluding carboxylic acids is 1. The van der Waals surface area contributed by atoms with E-state index in [1.54, 1.807) is 24.3 Å². The lowest BCUT2D eigenvalue weighted by Crippen LogP contribution is -2.51. The molecule has 2 heterocycles. The van der Waals surface area contributed by atoms with Crippen LogP contribution in [0, 0.1) is 0 Å². The molecule has 10 nitrogen and oxygen atoms in total. The van der Waals surface area contributed by atoms with Crippen molar-refractivity contribution < 1.29 is 23.1 Å². The number of carboxylic acids is 1. The molecule has 1 fully saturated rings. The van der Waals surface area contributed by atoms with E-state index in [-0.39, 0.29) is 47.5 Å². The minimum atomic E-state index is -3.68. The standard InChI is InChI=1S/C24H24N4O6S/c29-21(15-28-23(30)20-7-2-1-6-19(20)22(25-28)24(31)32)26-10-12-27(13-11-26)35(33,34)18-9-8-16-4-3-5-17(16)14-18/h1-2,6-9,14H,3-5,10-13,15H2,(H,31,32). The number of aromatic nitrogens is 2. The molecular formula is C24H24N4O6S. The number of aryl methyl sites for hydroxylation is 2. The Morgan fingerprint density at radius 3 is 2.34 bits per heavy atom. The quantitative estimate of drug-likeness (QED) is 0.560. The highest BCUT2D eigenvalue weighted by Crippen LogP contribution is 2.26. The molecule has 1 N–H and O–H groups in total. The molecular weight excluding hydrogens is 472 g/mol. The number of hydrogen-bond acceptors (Lipinski definition) is 6. The maximum Gasteiger partial charge on any atom is 0.357 e. The largest absolute Gasteiger partial charge is 0.476 e. The van der Waals surface area contributed by atoms with Gasteiger partial charge in [0.1, 0.15) is 6.54 Å². The van der Waals surface area contributed by atoms with Crippen molar-refractivity contribution in [3.63, 3.8) is 0 Å². The minimum Gasteiger partial charge on any atom is -0.476 e. The molecule has 1 amide bonds. The second kappa shape index (κ2) is 8.90. The van der Waals surface area contributed by atoms with Gasteiger partial charge in [-0.05, 0) is 48.6 Å². The maximum atomic E-state index is 13.1. The number of hydrogen-bond donors (Lipinski definition) is 1. The number of fused-ring (bicyclic) bond motifs is 2. The number of rotatable bonds is 5. The van der Waals surface area contributed by atoms with Crippen molar-refractivity contribution in [3.8, 4) is 0 Å². The van der Waals surface area contributed by atoms with Crippen molar-refractivity contribution in [2.24, 2.45) is 0 Å². The Bertz CT molecular complexity index is 1510. The van der Waals surface area contributed by atoms with Crippen LogP contribution in [0.5, 0.6) is 0 Å². The topological polar surface area (TPSA) is 130 Å². The predicted molar refractivity (Wildman–Crippen MR) is 127 cm³/mol. The summed E-state index contributed by atoms with van der Waals surface area (Å²) in [6, 6.07) is 11.5. The van der Waals surface area contributed by atoms with Crippen LogP contribution in [0.4, 0.5) is 0 Å². The van der Waals surface area contributed by atoms with Crippen molar-refractivity contribution >= 4 is 32.7 Å². The molecule has 0 unspecified atom stereocenters. The highest BCUT2D eigenvalue weighted by Gasteiger charge is 2.31. The van der Waals surface area contributed by atoms with Gasteiger partial charge in [0.15, 0.2) is 5.69 Å². The van der Waals surface area contributed by atoms with Gasteiger partial charge >= 0.3 is 5.97 Å². The number of piperazine rings is 1. The summed E-state index contributed by atoms with van der Waals surface area (Å²) in [5, 5.41) is 13.8. The molecule has 0 radical (unpaired) electrons. The Balaban J connectivity index is 1.30. The Morgan fingerprint density at radius 2 is 1.63 bits per heavy atom. The average molecular weight is 497 g/mol. The molecule has 0 spiro atoms. The van der Waals surface area contributed by atoms with E-state index in [0.29, 0.717) is 0 Å². The molecule has 0 atom stereocenters. The Kier molecular flexibility index (Phi) is 5.89. The summed E-state index contributed by atoms with van der Waals surface area (Å²) in [5.41, 5.74) is 1.41. The predicted octanol–water partition coefficient (Wildman–Crippen LogP) is 1.12. The first kappa shape index (κ1) is 23.2. The fourth-order valence-corrected chi connectivity index (χ4v) is 6.24. The molecule has 182 valence electrons. The number of nitrogens with zero attached hydrogens (tertiary/aromatic N) is 4.